The van der Waals surface area contributed by atoms with Gasteiger partial charge in [-0.15, -0.1) is 0 Å². The molecular weight excluding hydrogens is 668 g/mol. The van der Waals surface area contributed by atoms with Crippen molar-refractivity contribution in [1.29, 1.82) is 0 Å². The Bertz CT molecular complexity index is 1770. The van der Waals surface area contributed by atoms with Crippen molar-refractivity contribution in [2.24, 2.45) is 4.99 Å². The molecule has 2 aromatic rings. The average molecular weight is 705 g/mol. The van der Waals surface area contributed by atoms with E-state index in [4.69, 9.17) is 9.47 Å². The molecule has 1 aliphatic rings. The van der Waals surface area contributed by atoms with Gasteiger partial charge in [0.05, 0.1) is 34.9 Å². The molecule has 0 spiro atoms. The third kappa shape index (κ3) is 10.6. The summed E-state index contributed by atoms with van der Waals surface area (Å²) in [5.74, 6) is -4.50. The van der Waals surface area contributed by atoms with E-state index in [1.54, 1.807) is 32.9 Å². The molecule has 0 aromatic heterocycles. The second kappa shape index (κ2) is 15.6. The van der Waals surface area contributed by atoms with Crippen LogP contribution in [0.15, 0.2) is 77.7 Å². The molecule has 0 aliphatic carbocycles. The number of ketones is 1. The molecule has 0 bridgehead atoms. The number of aryl methyl sites for hydroxylation is 1. The van der Waals surface area contributed by atoms with Gasteiger partial charge < -0.3 is 19.5 Å². The van der Waals surface area contributed by atoms with Crippen LogP contribution in [0.3, 0.4) is 0 Å². The summed E-state index contributed by atoms with van der Waals surface area (Å²) in [6, 6.07) is 7.30. The lowest BCUT2D eigenvalue weighted by Gasteiger charge is -2.25. The van der Waals surface area contributed by atoms with Gasteiger partial charge in [-0.1, -0.05) is 44.0 Å². The number of hydrogen-bond acceptors (Lipinski definition) is 8. The fourth-order valence-electron chi connectivity index (χ4n) is 4.46. The number of rotatable bonds is 9. The van der Waals surface area contributed by atoms with Gasteiger partial charge in [-0.05, 0) is 81.0 Å². The normalized spacial score (nSPS) is 17.8. The van der Waals surface area contributed by atoms with Crippen molar-refractivity contribution >= 4 is 51.6 Å². The Morgan fingerprint density at radius 3 is 2.24 bits per heavy atom. The summed E-state index contributed by atoms with van der Waals surface area (Å²) in [4.78, 5) is 41.6. The molecule has 0 saturated heterocycles. The number of alkyl halides is 3. The van der Waals surface area contributed by atoms with Crippen molar-refractivity contribution in [2.45, 2.75) is 63.3 Å². The summed E-state index contributed by atoms with van der Waals surface area (Å²) < 4.78 is 83.0. The van der Waals surface area contributed by atoms with Crippen LogP contribution in [-0.2, 0) is 41.0 Å². The highest BCUT2D eigenvalue weighted by Gasteiger charge is 2.38. The SMILES string of the molecule is C=C(C)C(=O)OC(=C)c1cc2c(cc1F)S(=O)C[C@H](NC(=O)OC(C)(C)C)C(=O)/C=C\2CCc1ccc(C(=C)N=C(OC)C(F)(F)F)cc1. The number of allylic oxidation sites excluding steroid dienone is 1. The molecular formula is C35H36F4N2O7S. The van der Waals surface area contributed by atoms with Crippen molar-refractivity contribution in [2.75, 3.05) is 12.9 Å². The number of ether oxygens (including phenoxy) is 3. The van der Waals surface area contributed by atoms with E-state index in [1.807, 2.05) is 0 Å². The highest BCUT2D eigenvalue weighted by atomic mass is 32.2. The third-order valence-electron chi connectivity index (χ3n) is 6.84. The highest BCUT2D eigenvalue weighted by molar-refractivity contribution is 7.85. The molecule has 1 aliphatic heterocycles. The van der Waals surface area contributed by atoms with E-state index in [0.29, 0.717) is 16.7 Å². The number of aliphatic imine (C=N–C) groups is 1. The van der Waals surface area contributed by atoms with E-state index in [2.05, 4.69) is 34.8 Å². The number of carbonyl (C=O) groups excluding carboxylic acids is 3. The first-order valence-electron chi connectivity index (χ1n) is 14.7. The topological polar surface area (TPSA) is 120 Å². The Morgan fingerprint density at radius 1 is 1.06 bits per heavy atom. The second-order valence-electron chi connectivity index (χ2n) is 12.0. The van der Waals surface area contributed by atoms with E-state index in [9.17, 15) is 31.8 Å². The van der Waals surface area contributed by atoms with Crippen LogP contribution in [0.25, 0.3) is 17.0 Å². The van der Waals surface area contributed by atoms with Gasteiger partial charge in [-0.3, -0.25) is 9.00 Å². The number of halogens is 4. The first-order valence-corrected chi connectivity index (χ1v) is 16.0. The van der Waals surface area contributed by atoms with Crippen LogP contribution in [0.5, 0.6) is 0 Å². The average Bonchev–Trinajstić information content (AvgIpc) is 2.99. The molecule has 9 nitrogen and oxygen atoms in total. The molecule has 0 fully saturated rings. The van der Waals surface area contributed by atoms with Gasteiger partial charge in [0, 0.05) is 10.5 Å². The number of carbonyl (C=O) groups is 3. The predicted octanol–water partition coefficient (Wildman–Crippen LogP) is 7.09. The van der Waals surface area contributed by atoms with Gasteiger partial charge in [0.15, 0.2) is 5.78 Å². The first-order chi connectivity index (χ1) is 22.7. The van der Waals surface area contributed by atoms with E-state index in [1.165, 1.54) is 31.2 Å². The summed E-state index contributed by atoms with van der Waals surface area (Å²) in [5.41, 5.74) is 0.290. The Balaban J connectivity index is 2.01. The molecule has 1 N–H and O–H groups in total. The van der Waals surface area contributed by atoms with Crippen molar-refractivity contribution in [1.82, 2.24) is 5.32 Å². The monoisotopic (exact) mass is 704 g/mol. The number of fused-ring (bicyclic) bond motifs is 1. The Kier molecular flexibility index (Phi) is 12.3. The van der Waals surface area contributed by atoms with E-state index >= 15 is 4.39 Å². The van der Waals surface area contributed by atoms with E-state index in [-0.39, 0.29) is 51.6 Å². The molecule has 3 rings (SSSR count). The first kappa shape index (κ1) is 38.6. The van der Waals surface area contributed by atoms with Crippen LogP contribution < -0.4 is 5.32 Å². The lowest BCUT2D eigenvalue weighted by molar-refractivity contribution is -0.132. The Hall–Kier alpha value is -4.85. The number of nitrogens with one attached hydrogen (secondary N) is 1. The van der Waals surface area contributed by atoms with Gasteiger partial charge in [-0.2, -0.15) is 13.2 Å². The van der Waals surface area contributed by atoms with Gasteiger partial charge in [0.2, 0.25) is 0 Å². The molecule has 2 atom stereocenters. The van der Waals surface area contributed by atoms with Crippen LogP contribution >= 0.6 is 0 Å². The molecule has 0 saturated carbocycles. The second-order valence-corrected chi connectivity index (χ2v) is 13.4. The summed E-state index contributed by atoms with van der Waals surface area (Å²) in [6.07, 6.45) is -4.07. The van der Waals surface area contributed by atoms with Gasteiger partial charge >= 0.3 is 18.2 Å². The standard InChI is InChI=1S/C35H36F4N2O7S/c1-19(2)31(43)47-21(4)25-16-26-24(14-11-22-9-12-23(13-10-22)20(3)40-32(46-8)35(37,38)39)15-29(42)28(41-33(44)48-34(5,6)7)18-49(45)30(26)17-27(25)36/h9-10,12-13,15-17,28H,1,3-4,11,14,18H2,2,5-8H3,(H,41,44)/b24-15-,40-32?/t28-,49?/m0/s1. The molecule has 2 aromatic carbocycles. The fraction of sp³-hybridized carbons (Fsp3) is 0.314. The molecule has 14 heteroatoms. The van der Waals surface area contributed by atoms with Crippen LogP contribution in [0.2, 0.25) is 0 Å². The number of hydrogen-bond donors (Lipinski definition) is 1. The minimum atomic E-state index is -4.80. The summed E-state index contributed by atoms with van der Waals surface area (Å²) >= 11 is 0. The summed E-state index contributed by atoms with van der Waals surface area (Å²) in [5, 5.41) is 2.45. The third-order valence-corrected chi connectivity index (χ3v) is 8.30. The maximum absolute atomic E-state index is 15.4. The Labute approximate surface area is 283 Å². The predicted molar refractivity (Wildman–Crippen MR) is 178 cm³/mol. The molecule has 1 heterocycles. The van der Waals surface area contributed by atoms with Crippen LogP contribution in [0, 0.1) is 5.82 Å². The van der Waals surface area contributed by atoms with Gasteiger partial charge in [0.25, 0.3) is 5.90 Å². The number of nitrogens with zero attached hydrogens (tertiary/aromatic N) is 1. The van der Waals surface area contributed by atoms with Crippen LogP contribution in [0.1, 0.15) is 56.4 Å². The van der Waals surface area contributed by atoms with Gasteiger partial charge in [0.1, 0.15) is 23.2 Å². The van der Waals surface area contributed by atoms with Crippen molar-refractivity contribution < 1.29 is 50.4 Å². The fourth-order valence-corrected chi connectivity index (χ4v) is 5.86. The summed E-state index contributed by atoms with van der Waals surface area (Å²) in [6.45, 7) is 17.0. The lowest BCUT2D eigenvalue weighted by Crippen LogP contribution is -2.46. The molecule has 1 amide bonds. The minimum Gasteiger partial charge on any atom is -0.478 e. The van der Waals surface area contributed by atoms with Crippen molar-refractivity contribution in [3.05, 3.63) is 95.9 Å². The maximum Gasteiger partial charge on any atom is 0.468 e. The smallest absolute Gasteiger partial charge is 0.468 e. The zero-order valence-electron chi connectivity index (χ0n) is 27.6. The zero-order valence-corrected chi connectivity index (χ0v) is 28.4. The largest absolute Gasteiger partial charge is 0.478 e. The molecule has 262 valence electrons. The number of benzene rings is 2. The number of amides is 1. The molecule has 49 heavy (non-hydrogen) atoms. The van der Waals surface area contributed by atoms with Crippen molar-refractivity contribution in [3.8, 4) is 0 Å². The van der Waals surface area contributed by atoms with E-state index < -0.39 is 58.2 Å². The lowest BCUT2D eigenvalue weighted by atomic mass is 9.94. The number of methoxy groups -OCH3 is 1. The van der Waals surface area contributed by atoms with Crippen LogP contribution in [-0.4, -0.2) is 58.6 Å². The zero-order chi connectivity index (χ0) is 36.8. The quantitative estimate of drug-likeness (QED) is 0.0739. The highest BCUT2D eigenvalue weighted by Crippen LogP contribution is 2.34. The molecule has 1 unspecified atom stereocenters. The van der Waals surface area contributed by atoms with E-state index in [0.717, 1.165) is 13.2 Å². The minimum absolute atomic E-state index is 0.0261. The van der Waals surface area contributed by atoms with Crippen LogP contribution in [0.4, 0.5) is 22.4 Å². The number of esters is 1. The number of alkyl carbamates (subject to hydrolysis) is 1. The summed E-state index contributed by atoms with van der Waals surface area (Å²) in [7, 11) is -1.16. The molecule has 0 radical (unpaired) electrons. The van der Waals surface area contributed by atoms with Crippen molar-refractivity contribution in [3.63, 3.8) is 0 Å². The maximum atomic E-state index is 15.4. The van der Waals surface area contributed by atoms with Gasteiger partial charge in [-0.25, -0.2) is 19.0 Å². The Morgan fingerprint density at radius 2 is 1.69 bits per heavy atom.